The Morgan fingerprint density at radius 2 is 1.71 bits per heavy atom. The SMILES string of the molecule is NNC(=O)c1cc(Cl)c(OCc2ccccc2Cl)c(Cl)c1. The molecule has 2 rings (SSSR count). The fourth-order valence-corrected chi connectivity index (χ4v) is 2.46. The van der Waals surface area contributed by atoms with E-state index in [9.17, 15) is 4.79 Å². The predicted molar refractivity (Wildman–Crippen MR) is 83.9 cm³/mol. The summed E-state index contributed by atoms with van der Waals surface area (Å²) in [4.78, 5) is 11.4. The molecule has 0 saturated carbocycles. The Labute approximate surface area is 136 Å². The second-order valence-corrected chi connectivity index (χ2v) is 5.34. The molecule has 2 aromatic carbocycles. The molecule has 21 heavy (non-hydrogen) atoms. The van der Waals surface area contributed by atoms with Crippen molar-refractivity contribution in [3.8, 4) is 5.75 Å². The number of benzene rings is 2. The van der Waals surface area contributed by atoms with Gasteiger partial charge in [0.1, 0.15) is 6.61 Å². The van der Waals surface area contributed by atoms with Crippen LogP contribution < -0.4 is 16.0 Å². The van der Waals surface area contributed by atoms with Crippen molar-refractivity contribution >= 4 is 40.7 Å². The minimum atomic E-state index is -0.489. The molecular formula is C14H11Cl3N2O2. The van der Waals surface area contributed by atoms with Crippen LogP contribution in [0.4, 0.5) is 0 Å². The standard InChI is InChI=1S/C14H11Cl3N2O2/c15-10-4-2-1-3-8(10)7-21-13-11(16)5-9(6-12(13)17)14(20)19-18/h1-6H,7,18H2,(H,19,20). The Kier molecular flexibility index (Phi) is 5.31. The van der Waals surface area contributed by atoms with E-state index in [1.807, 2.05) is 23.6 Å². The number of hydrogen-bond donors (Lipinski definition) is 2. The number of carbonyl (C=O) groups is 1. The van der Waals surface area contributed by atoms with Gasteiger partial charge in [0.25, 0.3) is 5.91 Å². The van der Waals surface area contributed by atoms with Crippen LogP contribution in [0, 0.1) is 0 Å². The quantitative estimate of drug-likeness (QED) is 0.503. The molecule has 0 radical (unpaired) electrons. The monoisotopic (exact) mass is 344 g/mol. The smallest absolute Gasteiger partial charge is 0.265 e. The second-order valence-electron chi connectivity index (χ2n) is 4.12. The van der Waals surface area contributed by atoms with Crippen molar-refractivity contribution in [3.63, 3.8) is 0 Å². The summed E-state index contributed by atoms with van der Waals surface area (Å²) in [7, 11) is 0. The molecule has 0 aliphatic heterocycles. The van der Waals surface area contributed by atoms with Gasteiger partial charge in [0.2, 0.25) is 0 Å². The fraction of sp³-hybridized carbons (Fsp3) is 0.0714. The van der Waals surface area contributed by atoms with Crippen LogP contribution in [-0.2, 0) is 6.61 Å². The van der Waals surface area contributed by atoms with Gasteiger partial charge in [-0.2, -0.15) is 0 Å². The van der Waals surface area contributed by atoms with E-state index in [1.54, 1.807) is 6.07 Å². The third-order valence-electron chi connectivity index (χ3n) is 2.72. The van der Waals surface area contributed by atoms with E-state index in [0.717, 1.165) is 5.56 Å². The number of rotatable bonds is 4. The summed E-state index contributed by atoms with van der Waals surface area (Å²) < 4.78 is 5.59. The summed E-state index contributed by atoms with van der Waals surface area (Å²) in [6.07, 6.45) is 0. The average molecular weight is 346 g/mol. The zero-order chi connectivity index (χ0) is 15.4. The summed E-state index contributed by atoms with van der Waals surface area (Å²) in [5, 5.41) is 1.02. The molecule has 0 aliphatic rings. The number of hydrazine groups is 1. The first-order valence-corrected chi connectivity index (χ1v) is 7.02. The summed E-state index contributed by atoms with van der Waals surface area (Å²) in [5.74, 6) is 4.86. The molecule has 0 spiro atoms. The third-order valence-corrected chi connectivity index (χ3v) is 3.65. The zero-order valence-corrected chi connectivity index (χ0v) is 13.0. The number of ether oxygens (including phenoxy) is 1. The van der Waals surface area contributed by atoms with Crippen LogP contribution in [0.25, 0.3) is 0 Å². The number of carbonyl (C=O) groups excluding carboxylic acids is 1. The highest BCUT2D eigenvalue weighted by molar-refractivity contribution is 6.37. The van der Waals surface area contributed by atoms with Crippen LogP contribution in [0.1, 0.15) is 15.9 Å². The highest BCUT2D eigenvalue weighted by Gasteiger charge is 2.14. The molecular weight excluding hydrogens is 335 g/mol. The molecule has 0 fully saturated rings. The molecule has 0 unspecified atom stereocenters. The maximum Gasteiger partial charge on any atom is 0.265 e. The summed E-state index contributed by atoms with van der Waals surface area (Å²) in [5.41, 5.74) is 3.05. The van der Waals surface area contributed by atoms with Gasteiger partial charge in [-0.1, -0.05) is 53.0 Å². The van der Waals surface area contributed by atoms with Gasteiger partial charge in [0.05, 0.1) is 10.0 Å². The maximum atomic E-state index is 11.4. The van der Waals surface area contributed by atoms with Gasteiger partial charge in [-0.05, 0) is 18.2 Å². The number of nitrogens with two attached hydrogens (primary N) is 1. The summed E-state index contributed by atoms with van der Waals surface area (Å²) >= 11 is 18.2. The Bertz CT molecular complexity index is 654. The van der Waals surface area contributed by atoms with Gasteiger partial charge < -0.3 is 4.74 Å². The van der Waals surface area contributed by atoms with Gasteiger partial charge in [0.15, 0.2) is 5.75 Å². The lowest BCUT2D eigenvalue weighted by Gasteiger charge is -2.12. The van der Waals surface area contributed by atoms with Gasteiger partial charge in [-0.3, -0.25) is 10.2 Å². The lowest BCUT2D eigenvalue weighted by atomic mass is 10.2. The molecule has 0 saturated heterocycles. The summed E-state index contributed by atoms with van der Waals surface area (Å²) in [6, 6.07) is 10.1. The molecule has 0 aromatic heterocycles. The van der Waals surface area contributed by atoms with Crippen LogP contribution in [0.5, 0.6) is 5.75 Å². The Morgan fingerprint density at radius 3 is 2.29 bits per heavy atom. The molecule has 4 nitrogen and oxygen atoms in total. The first-order valence-electron chi connectivity index (χ1n) is 5.89. The molecule has 110 valence electrons. The summed E-state index contributed by atoms with van der Waals surface area (Å²) in [6.45, 7) is 0.210. The number of nitrogens with one attached hydrogen (secondary N) is 1. The van der Waals surface area contributed by atoms with Crippen LogP contribution in [0.15, 0.2) is 36.4 Å². The predicted octanol–water partition coefficient (Wildman–Crippen LogP) is 3.83. The van der Waals surface area contributed by atoms with Crippen LogP contribution >= 0.6 is 34.8 Å². The first-order chi connectivity index (χ1) is 10.0. The molecule has 2 aromatic rings. The highest BCUT2D eigenvalue weighted by Crippen LogP contribution is 2.35. The van der Waals surface area contributed by atoms with Gasteiger partial charge in [0, 0.05) is 16.1 Å². The van der Waals surface area contributed by atoms with Crippen LogP contribution in [0.3, 0.4) is 0 Å². The average Bonchev–Trinajstić information content (AvgIpc) is 2.47. The normalized spacial score (nSPS) is 10.3. The Morgan fingerprint density at radius 1 is 1.10 bits per heavy atom. The number of amides is 1. The molecule has 0 bridgehead atoms. The van der Waals surface area contributed by atoms with Crippen molar-refractivity contribution in [3.05, 3.63) is 62.6 Å². The Balaban J connectivity index is 2.21. The van der Waals surface area contributed by atoms with E-state index in [4.69, 9.17) is 45.4 Å². The van der Waals surface area contributed by atoms with Crippen LogP contribution in [-0.4, -0.2) is 5.91 Å². The minimum absolute atomic E-state index is 0.210. The van der Waals surface area contributed by atoms with E-state index in [2.05, 4.69) is 0 Å². The lowest BCUT2D eigenvalue weighted by molar-refractivity contribution is 0.0953. The number of nitrogen functional groups attached to an aromatic ring is 1. The lowest BCUT2D eigenvalue weighted by Crippen LogP contribution is -2.29. The van der Waals surface area contributed by atoms with Gasteiger partial charge >= 0.3 is 0 Å². The largest absolute Gasteiger partial charge is 0.486 e. The van der Waals surface area contributed by atoms with Gasteiger partial charge in [-0.15, -0.1) is 0 Å². The highest BCUT2D eigenvalue weighted by atomic mass is 35.5. The fourth-order valence-electron chi connectivity index (χ4n) is 1.68. The minimum Gasteiger partial charge on any atom is -0.486 e. The van der Waals surface area contributed by atoms with Crippen molar-refractivity contribution in [1.29, 1.82) is 0 Å². The van der Waals surface area contributed by atoms with Crippen molar-refractivity contribution < 1.29 is 9.53 Å². The van der Waals surface area contributed by atoms with Gasteiger partial charge in [-0.25, -0.2) is 5.84 Å². The van der Waals surface area contributed by atoms with E-state index in [-0.39, 0.29) is 28.0 Å². The van der Waals surface area contributed by atoms with Crippen molar-refractivity contribution in [2.24, 2.45) is 5.84 Å². The van der Waals surface area contributed by atoms with E-state index < -0.39 is 5.91 Å². The third kappa shape index (κ3) is 3.80. The number of hydrogen-bond acceptors (Lipinski definition) is 3. The topological polar surface area (TPSA) is 64.3 Å². The number of halogens is 3. The maximum absolute atomic E-state index is 11.4. The zero-order valence-electron chi connectivity index (χ0n) is 10.7. The van der Waals surface area contributed by atoms with E-state index in [1.165, 1.54) is 12.1 Å². The van der Waals surface area contributed by atoms with Crippen molar-refractivity contribution in [2.45, 2.75) is 6.61 Å². The first kappa shape index (κ1) is 15.9. The molecule has 1 amide bonds. The molecule has 0 aliphatic carbocycles. The van der Waals surface area contributed by atoms with Crippen LogP contribution in [0.2, 0.25) is 15.1 Å². The molecule has 7 heteroatoms. The van der Waals surface area contributed by atoms with E-state index >= 15 is 0 Å². The second kappa shape index (κ2) is 7.00. The molecule has 0 atom stereocenters. The van der Waals surface area contributed by atoms with E-state index in [0.29, 0.717) is 5.02 Å². The van der Waals surface area contributed by atoms with Crippen molar-refractivity contribution in [2.75, 3.05) is 0 Å². The molecule has 0 heterocycles. The Hall–Kier alpha value is -1.46. The van der Waals surface area contributed by atoms with Crippen molar-refractivity contribution in [1.82, 2.24) is 5.43 Å². The molecule has 3 N–H and O–H groups in total.